The lowest BCUT2D eigenvalue weighted by Gasteiger charge is -1.94. The normalized spacial score (nSPS) is 10.8. The fourth-order valence-electron chi connectivity index (χ4n) is 1.57. The summed E-state index contributed by atoms with van der Waals surface area (Å²) in [4.78, 5) is 8.52. The zero-order valence-electron chi connectivity index (χ0n) is 8.79. The molecular weight excluding hydrogens is 234 g/mol. The van der Waals surface area contributed by atoms with E-state index in [1.165, 1.54) is 11.3 Å². The lowest BCUT2D eigenvalue weighted by molar-refractivity contribution is 0.476. The maximum absolute atomic E-state index is 9.40. The van der Waals surface area contributed by atoms with Crippen LogP contribution in [0.4, 0.5) is 5.82 Å². The number of nitrogens with two attached hydrogens (primary N) is 1. The van der Waals surface area contributed by atoms with Crippen molar-refractivity contribution in [2.24, 2.45) is 0 Å². The van der Waals surface area contributed by atoms with Crippen LogP contribution in [0.5, 0.6) is 5.75 Å². The van der Waals surface area contributed by atoms with E-state index in [0.29, 0.717) is 5.82 Å². The summed E-state index contributed by atoms with van der Waals surface area (Å²) in [5.74, 6) is 0.746. The zero-order valence-corrected chi connectivity index (χ0v) is 9.61. The van der Waals surface area contributed by atoms with Crippen LogP contribution in [0, 0.1) is 0 Å². The van der Waals surface area contributed by atoms with E-state index >= 15 is 0 Å². The molecule has 3 aromatic rings. The molecule has 1 aromatic carbocycles. The number of phenols is 1. The van der Waals surface area contributed by atoms with Gasteiger partial charge in [-0.2, -0.15) is 0 Å². The summed E-state index contributed by atoms with van der Waals surface area (Å²) in [7, 11) is 0. The number of rotatable bonds is 1. The van der Waals surface area contributed by atoms with Gasteiger partial charge >= 0.3 is 0 Å². The van der Waals surface area contributed by atoms with Crippen LogP contribution in [-0.4, -0.2) is 15.1 Å². The number of phenolic OH excluding ortho intramolecular Hbond substituents is 1. The van der Waals surface area contributed by atoms with E-state index in [-0.39, 0.29) is 5.75 Å². The third-order valence-electron chi connectivity index (χ3n) is 2.41. The predicted molar refractivity (Wildman–Crippen MR) is 68.9 cm³/mol. The molecule has 4 nitrogen and oxygen atoms in total. The molecule has 3 N–H and O–H groups in total. The molecule has 2 heterocycles. The Labute approximate surface area is 101 Å². The highest BCUT2D eigenvalue weighted by Crippen LogP contribution is 2.31. The summed E-state index contributed by atoms with van der Waals surface area (Å²) in [5.41, 5.74) is 7.34. The smallest absolute Gasteiger partial charge is 0.126 e. The Morgan fingerprint density at radius 3 is 2.82 bits per heavy atom. The molecule has 17 heavy (non-hydrogen) atoms. The molecule has 0 spiro atoms. The van der Waals surface area contributed by atoms with Gasteiger partial charge in [0, 0.05) is 11.8 Å². The molecule has 5 heteroatoms. The molecule has 0 saturated heterocycles. The van der Waals surface area contributed by atoms with Crippen LogP contribution in [0.2, 0.25) is 0 Å². The molecule has 0 aliphatic carbocycles. The van der Waals surface area contributed by atoms with E-state index in [1.54, 1.807) is 30.5 Å². The van der Waals surface area contributed by atoms with Crippen molar-refractivity contribution in [2.45, 2.75) is 0 Å². The van der Waals surface area contributed by atoms with E-state index in [4.69, 9.17) is 5.73 Å². The van der Waals surface area contributed by atoms with Gasteiger partial charge in [-0.15, -0.1) is 11.3 Å². The van der Waals surface area contributed by atoms with Gasteiger partial charge in [0.25, 0.3) is 0 Å². The van der Waals surface area contributed by atoms with Crippen LogP contribution in [0.25, 0.3) is 20.8 Å². The molecule has 3 rings (SSSR count). The van der Waals surface area contributed by atoms with Crippen molar-refractivity contribution >= 4 is 27.4 Å². The van der Waals surface area contributed by atoms with E-state index < -0.39 is 0 Å². The third kappa shape index (κ3) is 1.81. The molecular formula is C12H9N3OS. The summed E-state index contributed by atoms with van der Waals surface area (Å²) >= 11 is 1.52. The number of hydrogen-bond acceptors (Lipinski definition) is 5. The molecule has 0 radical (unpaired) electrons. The maximum Gasteiger partial charge on any atom is 0.126 e. The molecule has 0 atom stereocenters. The fourth-order valence-corrected chi connectivity index (χ4v) is 2.56. The van der Waals surface area contributed by atoms with Crippen LogP contribution in [0.3, 0.4) is 0 Å². The number of aromatic nitrogens is 2. The maximum atomic E-state index is 9.40. The van der Waals surface area contributed by atoms with Gasteiger partial charge in [-0.3, -0.25) is 0 Å². The second kappa shape index (κ2) is 3.71. The lowest BCUT2D eigenvalue weighted by Crippen LogP contribution is -1.88. The number of anilines is 1. The standard InChI is InChI=1S/C12H9N3OS/c13-11-4-1-7(6-14-11)12-15-9-3-2-8(16)5-10(9)17-12/h1-6,16H,(H2,13,14). The topological polar surface area (TPSA) is 72.0 Å². The Balaban J connectivity index is 2.14. The van der Waals surface area contributed by atoms with Crippen LogP contribution >= 0.6 is 11.3 Å². The van der Waals surface area contributed by atoms with E-state index in [0.717, 1.165) is 20.8 Å². The van der Waals surface area contributed by atoms with Crippen molar-refractivity contribution in [3.05, 3.63) is 36.5 Å². The number of aromatic hydroxyl groups is 1. The quantitative estimate of drug-likeness (QED) is 0.689. The fraction of sp³-hybridized carbons (Fsp3) is 0. The Bertz CT molecular complexity index is 676. The molecule has 84 valence electrons. The molecule has 0 saturated carbocycles. The summed E-state index contributed by atoms with van der Waals surface area (Å²) in [6.45, 7) is 0. The number of nitrogen functional groups attached to an aromatic ring is 1. The number of fused-ring (bicyclic) bond motifs is 1. The SMILES string of the molecule is Nc1ccc(-c2nc3ccc(O)cc3s2)cn1. The lowest BCUT2D eigenvalue weighted by atomic mass is 10.3. The zero-order chi connectivity index (χ0) is 11.8. The Morgan fingerprint density at radius 1 is 1.18 bits per heavy atom. The van der Waals surface area contributed by atoms with Crippen molar-refractivity contribution < 1.29 is 5.11 Å². The Kier molecular flexibility index (Phi) is 2.19. The van der Waals surface area contributed by atoms with Gasteiger partial charge in [0.2, 0.25) is 0 Å². The van der Waals surface area contributed by atoms with Crippen molar-refractivity contribution in [1.82, 2.24) is 9.97 Å². The van der Waals surface area contributed by atoms with Gasteiger partial charge in [0.15, 0.2) is 0 Å². The minimum atomic E-state index is 0.253. The first kappa shape index (κ1) is 10.0. The van der Waals surface area contributed by atoms with E-state index in [1.807, 2.05) is 6.07 Å². The average Bonchev–Trinajstić information content (AvgIpc) is 2.72. The first-order chi connectivity index (χ1) is 8.22. The molecule has 0 aliphatic heterocycles. The second-order valence-electron chi connectivity index (χ2n) is 3.64. The van der Waals surface area contributed by atoms with Crippen LogP contribution in [0.1, 0.15) is 0 Å². The van der Waals surface area contributed by atoms with Crippen molar-refractivity contribution in [3.8, 4) is 16.3 Å². The number of pyridine rings is 1. The summed E-state index contributed by atoms with van der Waals surface area (Å²) in [6, 6.07) is 8.78. The third-order valence-corrected chi connectivity index (χ3v) is 3.47. The van der Waals surface area contributed by atoms with E-state index in [2.05, 4.69) is 9.97 Å². The minimum Gasteiger partial charge on any atom is -0.508 e. The molecule has 0 aliphatic rings. The van der Waals surface area contributed by atoms with Crippen LogP contribution < -0.4 is 5.73 Å². The van der Waals surface area contributed by atoms with Crippen molar-refractivity contribution in [3.63, 3.8) is 0 Å². The van der Waals surface area contributed by atoms with Gasteiger partial charge in [-0.1, -0.05) is 0 Å². The van der Waals surface area contributed by atoms with Crippen LogP contribution in [0.15, 0.2) is 36.5 Å². The largest absolute Gasteiger partial charge is 0.508 e. The highest BCUT2D eigenvalue weighted by Gasteiger charge is 2.06. The summed E-state index contributed by atoms with van der Waals surface area (Å²) in [6.07, 6.45) is 1.70. The van der Waals surface area contributed by atoms with Gasteiger partial charge in [0.05, 0.1) is 10.2 Å². The van der Waals surface area contributed by atoms with Gasteiger partial charge < -0.3 is 10.8 Å². The average molecular weight is 243 g/mol. The molecule has 0 unspecified atom stereocenters. The highest BCUT2D eigenvalue weighted by molar-refractivity contribution is 7.21. The monoisotopic (exact) mass is 243 g/mol. The first-order valence-electron chi connectivity index (χ1n) is 5.04. The van der Waals surface area contributed by atoms with Crippen molar-refractivity contribution in [2.75, 3.05) is 5.73 Å². The second-order valence-corrected chi connectivity index (χ2v) is 4.67. The molecule has 0 amide bonds. The number of benzene rings is 1. The Morgan fingerprint density at radius 2 is 2.06 bits per heavy atom. The molecule has 0 fully saturated rings. The summed E-state index contributed by atoms with van der Waals surface area (Å²) in [5, 5.41) is 10.3. The highest BCUT2D eigenvalue weighted by atomic mass is 32.1. The number of nitrogens with zero attached hydrogens (tertiary/aromatic N) is 2. The predicted octanol–water partition coefficient (Wildman–Crippen LogP) is 2.65. The number of thiazole rings is 1. The van der Waals surface area contributed by atoms with Gasteiger partial charge in [0.1, 0.15) is 16.6 Å². The number of hydrogen-bond donors (Lipinski definition) is 2. The molecule has 2 aromatic heterocycles. The van der Waals surface area contributed by atoms with E-state index in [9.17, 15) is 5.11 Å². The molecule has 0 bridgehead atoms. The van der Waals surface area contributed by atoms with Crippen LogP contribution in [-0.2, 0) is 0 Å². The minimum absolute atomic E-state index is 0.253. The summed E-state index contributed by atoms with van der Waals surface area (Å²) < 4.78 is 0.955. The first-order valence-corrected chi connectivity index (χ1v) is 5.85. The Hall–Kier alpha value is -2.14. The van der Waals surface area contributed by atoms with Crippen molar-refractivity contribution in [1.29, 1.82) is 0 Å². The van der Waals surface area contributed by atoms with Gasteiger partial charge in [-0.05, 0) is 30.3 Å². The van der Waals surface area contributed by atoms with Gasteiger partial charge in [-0.25, -0.2) is 9.97 Å².